The molecule has 0 radical (unpaired) electrons. The lowest BCUT2D eigenvalue weighted by Crippen LogP contribution is -2.49. The molecule has 3 N–H and O–H groups in total. The molecule has 0 atom stereocenters. The number of nitrogens with zero attached hydrogens (tertiary/aromatic N) is 1. The lowest BCUT2D eigenvalue weighted by atomic mass is 9.96. The molecule has 1 aromatic rings. The fourth-order valence-corrected chi connectivity index (χ4v) is 3.49. The van der Waals surface area contributed by atoms with Crippen molar-refractivity contribution < 1.29 is 0 Å². The topological polar surface area (TPSA) is 41.3 Å². The van der Waals surface area contributed by atoms with E-state index in [2.05, 4.69) is 29.7 Å². The summed E-state index contributed by atoms with van der Waals surface area (Å²) in [4.78, 5) is 3.65. The second-order valence-corrected chi connectivity index (χ2v) is 6.23. The van der Waals surface area contributed by atoms with Gasteiger partial charge in [0, 0.05) is 29.2 Å². The van der Waals surface area contributed by atoms with Crippen LogP contribution in [0.5, 0.6) is 0 Å². The van der Waals surface area contributed by atoms with E-state index in [1.807, 2.05) is 6.07 Å². The minimum atomic E-state index is 0.367. The molecule has 0 bridgehead atoms. The van der Waals surface area contributed by atoms with E-state index >= 15 is 0 Å². The summed E-state index contributed by atoms with van der Waals surface area (Å²) in [5.41, 5.74) is 7.18. The van der Waals surface area contributed by atoms with Gasteiger partial charge in [-0.3, -0.25) is 0 Å². The molecular weight excluding hydrogens is 230 g/mol. The van der Waals surface area contributed by atoms with E-state index in [0.717, 1.165) is 18.8 Å². The minimum Gasteiger partial charge on any atom is -0.398 e. The van der Waals surface area contributed by atoms with Crippen LogP contribution in [-0.4, -0.2) is 31.1 Å². The van der Waals surface area contributed by atoms with Crippen LogP contribution in [0.25, 0.3) is 0 Å². The van der Waals surface area contributed by atoms with Crippen molar-refractivity contribution in [1.29, 1.82) is 0 Å². The van der Waals surface area contributed by atoms with Crippen LogP contribution in [0.2, 0.25) is 0 Å². The van der Waals surface area contributed by atoms with Crippen molar-refractivity contribution in [2.75, 3.05) is 26.4 Å². The number of rotatable bonds is 5. The molecule has 0 amide bonds. The Hall–Kier alpha value is -0.580. The van der Waals surface area contributed by atoms with E-state index in [0.29, 0.717) is 5.54 Å². The van der Waals surface area contributed by atoms with Crippen molar-refractivity contribution in [3.63, 3.8) is 0 Å². The molecule has 96 valence electrons. The van der Waals surface area contributed by atoms with Crippen LogP contribution >= 0.6 is 11.3 Å². The third kappa shape index (κ3) is 2.81. The first-order chi connectivity index (χ1) is 8.14. The first-order valence-corrected chi connectivity index (χ1v) is 7.22. The Morgan fingerprint density at radius 1 is 1.41 bits per heavy atom. The molecule has 2 rings (SSSR count). The van der Waals surface area contributed by atoms with Gasteiger partial charge >= 0.3 is 0 Å². The number of likely N-dealkylation sites (N-methyl/N-ethyl adjacent to an activating group) is 1. The number of nitrogen functional groups attached to an aromatic ring is 1. The van der Waals surface area contributed by atoms with Gasteiger partial charge in [-0.05, 0) is 38.4 Å². The molecule has 17 heavy (non-hydrogen) atoms. The normalized spacial score (nSPS) is 19.0. The van der Waals surface area contributed by atoms with Crippen molar-refractivity contribution >= 4 is 17.0 Å². The number of hydrogen-bond acceptors (Lipinski definition) is 4. The van der Waals surface area contributed by atoms with Crippen molar-refractivity contribution in [3.8, 4) is 0 Å². The second kappa shape index (κ2) is 5.38. The van der Waals surface area contributed by atoms with Crippen LogP contribution in [0.4, 0.5) is 5.69 Å². The van der Waals surface area contributed by atoms with Gasteiger partial charge < -0.3 is 16.0 Å². The molecule has 1 aromatic heterocycles. The maximum Gasteiger partial charge on any atom is 0.0468 e. The Labute approximate surface area is 108 Å². The Balaban J connectivity index is 1.86. The largest absolute Gasteiger partial charge is 0.398 e. The smallest absolute Gasteiger partial charge is 0.0468 e. The number of thiophene rings is 1. The average molecular weight is 253 g/mol. The lowest BCUT2D eigenvalue weighted by molar-refractivity contribution is 0.154. The molecule has 4 heteroatoms. The van der Waals surface area contributed by atoms with E-state index in [9.17, 15) is 0 Å². The van der Waals surface area contributed by atoms with Gasteiger partial charge in [0.2, 0.25) is 0 Å². The summed E-state index contributed by atoms with van der Waals surface area (Å²) in [6.45, 7) is 1.97. The maximum atomic E-state index is 5.89. The van der Waals surface area contributed by atoms with Crippen molar-refractivity contribution in [1.82, 2.24) is 10.2 Å². The highest BCUT2D eigenvalue weighted by molar-refractivity contribution is 7.10. The lowest BCUT2D eigenvalue weighted by Gasteiger charge is -2.36. The highest BCUT2D eigenvalue weighted by atomic mass is 32.1. The van der Waals surface area contributed by atoms with Gasteiger partial charge in [0.05, 0.1) is 0 Å². The summed E-state index contributed by atoms with van der Waals surface area (Å²) >= 11 is 1.74. The first kappa shape index (κ1) is 12.9. The van der Waals surface area contributed by atoms with Crippen LogP contribution in [0.15, 0.2) is 11.4 Å². The van der Waals surface area contributed by atoms with Gasteiger partial charge in [0.1, 0.15) is 0 Å². The molecule has 1 heterocycles. The zero-order chi connectivity index (χ0) is 12.3. The quantitative estimate of drug-likeness (QED) is 0.846. The zero-order valence-corrected chi connectivity index (χ0v) is 11.6. The summed E-state index contributed by atoms with van der Waals surface area (Å²) < 4.78 is 0. The summed E-state index contributed by atoms with van der Waals surface area (Å²) in [6, 6.07) is 1.99. The molecular formula is C13H23N3S. The van der Waals surface area contributed by atoms with Crippen LogP contribution in [0.3, 0.4) is 0 Å². The Morgan fingerprint density at radius 2 is 2.12 bits per heavy atom. The van der Waals surface area contributed by atoms with Gasteiger partial charge in [-0.15, -0.1) is 11.3 Å². The molecule has 3 nitrogen and oxygen atoms in total. The monoisotopic (exact) mass is 253 g/mol. The third-order valence-electron chi connectivity index (χ3n) is 4.00. The second-order valence-electron chi connectivity index (χ2n) is 5.23. The highest BCUT2D eigenvalue weighted by Gasteiger charge is 2.35. The molecule has 1 aliphatic rings. The number of anilines is 1. The predicted octanol–water partition coefficient (Wildman–Crippen LogP) is 2.29. The molecule has 0 aliphatic heterocycles. The van der Waals surface area contributed by atoms with E-state index in [1.165, 1.54) is 30.6 Å². The van der Waals surface area contributed by atoms with Crippen molar-refractivity contribution in [2.24, 2.45) is 0 Å². The summed E-state index contributed by atoms with van der Waals surface area (Å²) in [6.07, 6.45) is 5.35. The SMILES string of the molecule is CN(C)C1(CNCc2sccc2N)CCCC1. The first-order valence-electron chi connectivity index (χ1n) is 6.34. The Bertz CT molecular complexity index is 353. The zero-order valence-electron chi connectivity index (χ0n) is 10.8. The van der Waals surface area contributed by atoms with Crippen LogP contribution < -0.4 is 11.1 Å². The third-order valence-corrected chi connectivity index (χ3v) is 4.94. The Kier molecular flexibility index (Phi) is 4.07. The highest BCUT2D eigenvalue weighted by Crippen LogP contribution is 2.33. The van der Waals surface area contributed by atoms with E-state index in [4.69, 9.17) is 5.73 Å². The van der Waals surface area contributed by atoms with Crippen molar-refractivity contribution in [3.05, 3.63) is 16.3 Å². The molecule has 1 fully saturated rings. The number of nitrogens with two attached hydrogens (primary N) is 1. The molecule has 1 saturated carbocycles. The summed E-state index contributed by atoms with van der Waals surface area (Å²) in [5, 5.41) is 5.64. The van der Waals surface area contributed by atoms with Crippen LogP contribution in [-0.2, 0) is 6.54 Å². The summed E-state index contributed by atoms with van der Waals surface area (Å²) in [5.74, 6) is 0. The van der Waals surface area contributed by atoms with E-state index < -0.39 is 0 Å². The van der Waals surface area contributed by atoms with E-state index in [-0.39, 0.29) is 0 Å². The van der Waals surface area contributed by atoms with E-state index in [1.54, 1.807) is 11.3 Å². The number of nitrogens with one attached hydrogen (secondary N) is 1. The fraction of sp³-hybridized carbons (Fsp3) is 0.692. The van der Waals surface area contributed by atoms with Gasteiger partial charge in [0.15, 0.2) is 0 Å². The molecule has 1 aliphatic carbocycles. The maximum absolute atomic E-state index is 5.89. The van der Waals surface area contributed by atoms with Gasteiger partial charge in [-0.2, -0.15) is 0 Å². The molecule has 0 unspecified atom stereocenters. The molecule has 0 spiro atoms. The van der Waals surface area contributed by atoms with Gasteiger partial charge in [-0.25, -0.2) is 0 Å². The predicted molar refractivity (Wildman–Crippen MR) is 75.3 cm³/mol. The van der Waals surface area contributed by atoms with Crippen LogP contribution in [0, 0.1) is 0 Å². The molecule has 0 saturated heterocycles. The minimum absolute atomic E-state index is 0.367. The Morgan fingerprint density at radius 3 is 2.65 bits per heavy atom. The van der Waals surface area contributed by atoms with Gasteiger partial charge in [-0.1, -0.05) is 12.8 Å². The number of hydrogen-bond donors (Lipinski definition) is 2. The van der Waals surface area contributed by atoms with Gasteiger partial charge in [0.25, 0.3) is 0 Å². The fourth-order valence-electron chi connectivity index (χ4n) is 2.72. The average Bonchev–Trinajstić information content (AvgIpc) is 2.90. The van der Waals surface area contributed by atoms with Crippen molar-refractivity contribution in [2.45, 2.75) is 37.8 Å². The summed E-state index contributed by atoms with van der Waals surface area (Å²) in [7, 11) is 4.40. The molecule has 0 aromatic carbocycles. The standard InChI is InChI=1S/C13H23N3S/c1-16(2)13(6-3-4-7-13)10-15-9-12-11(14)5-8-17-12/h5,8,15H,3-4,6-7,9-10,14H2,1-2H3. The van der Waals surface area contributed by atoms with Crippen LogP contribution in [0.1, 0.15) is 30.6 Å².